The van der Waals surface area contributed by atoms with Gasteiger partial charge in [0.2, 0.25) is 6.79 Å². The fourth-order valence-electron chi connectivity index (χ4n) is 2.28. The van der Waals surface area contributed by atoms with Gasteiger partial charge < -0.3 is 13.9 Å². The predicted molar refractivity (Wildman–Crippen MR) is 85.1 cm³/mol. The lowest BCUT2D eigenvalue weighted by molar-refractivity contribution is 0.0996. The molecule has 116 valence electrons. The van der Waals surface area contributed by atoms with E-state index < -0.39 is 0 Å². The molecule has 3 heterocycles. The highest BCUT2D eigenvalue weighted by Crippen LogP contribution is 2.36. The fourth-order valence-corrected chi connectivity index (χ4v) is 2.99. The number of carbonyl (C=O) groups excluding carboxylic acids is 1. The van der Waals surface area contributed by atoms with Gasteiger partial charge in [0.15, 0.2) is 22.4 Å². The molecule has 0 aliphatic carbocycles. The van der Waals surface area contributed by atoms with Crippen LogP contribution in [0.15, 0.2) is 40.3 Å². The van der Waals surface area contributed by atoms with Crippen molar-refractivity contribution < 1.29 is 18.7 Å². The Morgan fingerprint density at radius 3 is 2.96 bits per heavy atom. The number of carbonyl (C=O) groups is 1. The zero-order valence-electron chi connectivity index (χ0n) is 12.2. The van der Waals surface area contributed by atoms with Crippen LogP contribution in [0, 0.1) is 6.92 Å². The van der Waals surface area contributed by atoms with Crippen molar-refractivity contribution in [2.24, 2.45) is 0 Å². The van der Waals surface area contributed by atoms with Crippen LogP contribution in [-0.4, -0.2) is 17.7 Å². The molecule has 6 nitrogen and oxygen atoms in total. The van der Waals surface area contributed by atoms with Crippen LogP contribution in [0.5, 0.6) is 11.5 Å². The minimum atomic E-state index is -0.306. The first-order valence-corrected chi connectivity index (χ1v) is 7.79. The molecular formula is C16H12N2O4S. The van der Waals surface area contributed by atoms with E-state index in [-0.39, 0.29) is 12.7 Å². The van der Waals surface area contributed by atoms with Crippen LogP contribution in [0.2, 0.25) is 0 Å². The van der Waals surface area contributed by atoms with Crippen LogP contribution in [-0.2, 0) is 0 Å². The molecule has 1 aliphatic rings. The number of benzene rings is 1. The van der Waals surface area contributed by atoms with Crippen molar-refractivity contribution in [3.8, 4) is 22.8 Å². The molecule has 1 N–H and O–H groups in total. The van der Waals surface area contributed by atoms with Gasteiger partial charge in [-0.1, -0.05) is 0 Å². The van der Waals surface area contributed by atoms with E-state index in [9.17, 15) is 4.79 Å². The largest absolute Gasteiger partial charge is 0.459 e. The van der Waals surface area contributed by atoms with Gasteiger partial charge in [-0.2, -0.15) is 0 Å². The van der Waals surface area contributed by atoms with Gasteiger partial charge in [-0.15, -0.1) is 11.3 Å². The topological polar surface area (TPSA) is 73.6 Å². The highest BCUT2D eigenvalue weighted by molar-refractivity contribution is 7.14. The highest BCUT2D eigenvalue weighted by Gasteiger charge is 2.17. The first kappa shape index (κ1) is 13.8. The molecule has 3 aromatic rings. The highest BCUT2D eigenvalue weighted by atomic mass is 32.1. The zero-order valence-corrected chi connectivity index (χ0v) is 13.0. The number of nitrogens with zero attached hydrogens (tertiary/aromatic N) is 1. The standard InChI is InChI=1S/C16H12N2O4S/c1-9-4-5-20-14(9)15(19)18-16-17-11(7-23-16)10-2-3-12-13(6-10)22-8-21-12/h2-7H,8H2,1H3,(H,17,18,19). The first-order chi connectivity index (χ1) is 11.2. The summed E-state index contributed by atoms with van der Waals surface area (Å²) in [6, 6.07) is 7.38. The number of hydrogen-bond acceptors (Lipinski definition) is 6. The Labute approximate surface area is 135 Å². The molecule has 23 heavy (non-hydrogen) atoms. The van der Waals surface area contributed by atoms with Crippen molar-refractivity contribution in [1.29, 1.82) is 0 Å². The first-order valence-electron chi connectivity index (χ1n) is 6.92. The molecule has 0 spiro atoms. The van der Waals surface area contributed by atoms with Crippen LogP contribution in [0.4, 0.5) is 5.13 Å². The van der Waals surface area contributed by atoms with Crippen LogP contribution >= 0.6 is 11.3 Å². The van der Waals surface area contributed by atoms with Gasteiger partial charge in [0.1, 0.15) is 0 Å². The predicted octanol–water partition coefficient (Wildman–Crippen LogP) is 3.69. The van der Waals surface area contributed by atoms with Gasteiger partial charge in [0.05, 0.1) is 12.0 Å². The zero-order chi connectivity index (χ0) is 15.8. The molecule has 4 rings (SSSR count). The van der Waals surface area contributed by atoms with Crippen molar-refractivity contribution in [3.63, 3.8) is 0 Å². The second kappa shape index (κ2) is 5.44. The molecule has 0 saturated heterocycles. The van der Waals surface area contributed by atoms with Crippen molar-refractivity contribution in [1.82, 2.24) is 4.98 Å². The van der Waals surface area contributed by atoms with Crippen molar-refractivity contribution >= 4 is 22.4 Å². The summed E-state index contributed by atoms with van der Waals surface area (Å²) in [6.07, 6.45) is 1.49. The van der Waals surface area contributed by atoms with Gasteiger partial charge >= 0.3 is 0 Å². The average molecular weight is 328 g/mol. The van der Waals surface area contributed by atoms with E-state index in [0.717, 1.165) is 22.6 Å². The quantitative estimate of drug-likeness (QED) is 0.793. The number of nitrogens with one attached hydrogen (secondary N) is 1. The molecule has 7 heteroatoms. The lowest BCUT2D eigenvalue weighted by Crippen LogP contribution is -2.11. The fraction of sp³-hybridized carbons (Fsp3) is 0.125. The smallest absolute Gasteiger partial charge is 0.293 e. The van der Waals surface area contributed by atoms with E-state index in [0.29, 0.717) is 16.6 Å². The van der Waals surface area contributed by atoms with E-state index in [4.69, 9.17) is 13.9 Å². The third-order valence-corrected chi connectivity index (χ3v) is 4.22. The third-order valence-electron chi connectivity index (χ3n) is 3.46. The number of amides is 1. The minimum absolute atomic E-state index is 0.236. The third kappa shape index (κ3) is 2.55. The summed E-state index contributed by atoms with van der Waals surface area (Å²) in [7, 11) is 0. The van der Waals surface area contributed by atoms with E-state index in [1.807, 2.05) is 30.5 Å². The van der Waals surface area contributed by atoms with Crippen molar-refractivity contribution in [3.05, 3.63) is 47.2 Å². The molecule has 0 unspecified atom stereocenters. The number of ether oxygens (including phenoxy) is 2. The second-order valence-corrected chi connectivity index (χ2v) is 5.85. The SMILES string of the molecule is Cc1ccoc1C(=O)Nc1nc(-c2ccc3c(c2)OCO3)cs1. The van der Waals surface area contributed by atoms with E-state index in [1.54, 1.807) is 6.07 Å². The lowest BCUT2D eigenvalue weighted by Gasteiger charge is -2.00. The normalized spacial score (nSPS) is 12.4. The summed E-state index contributed by atoms with van der Waals surface area (Å²) in [4.78, 5) is 16.6. The molecule has 0 saturated carbocycles. The number of furan rings is 1. The number of hydrogen-bond donors (Lipinski definition) is 1. The maximum atomic E-state index is 12.1. The summed E-state index contributed by atoms with van der Waals surface area (Å²) >= 11 is 1.35. The summed E-state index contributed by atoms with van der Waals surface area (Å²) in [5.41, 5.74) is 2.45. The van der Waals surface area contributed by atoms with Crippen LogP contribution in [0.3, 0.4) is 0 Å². The van der Waals surface area contributed by atoms with Gasteiger partial charge in [0.25, 0.3) is 5.91 Å². The Bertz CT molecular complexity index is 884. The summed E-state index contributed by atoms with van der Waals surface area (Å²) in [5.74, 6) is 1.42. The molecule has 0 bridgehead atoms. The number of aryl methyl sites for hydroxylation is 1. The van der Waals surface area contributed by atoms with Crippen LogP contribution < -0.4 is 14.8 Å². The molecule has 1 amide bonds. The van der Waals surface area contributed by atoms with Gasteiger partial charge in [-0.3, -0.25) is 10.1 Å². The molecule has 1 aliphatic heterocycles. The van der Waals surface area contributed by atoms with Crippen molar-refractivity contribution in [2.75, 3.05) is 12.1 Å². The maximum Gasteiger partial charge on any atom is 0.293 e. The molecule has 2 aromatic heterocycles. The monoisotopic (exact) mass is 328 g/mol. The average Bonchev–Trinajstić information content (AvgIpc) is 3.26. The molecular weight excluding hydrogens is 316 g/mol. The number of aromatic nitrogens is 1. The van der Waals surface area contributed by atoms with Crippen LogP contribution in [0.25, 0.3) is 11.3 Å². The maximum absolute atomic E-state index is 12.1. The molecule has 0 radical (unpaired) electrons. The van der Waals surface area contributed by atoms with E-state index >= 15 is 0 Å². The minimum Gasteiger partial charge on any atom is -0.459 e. The Kier molecular flexibility index (Phi) is 3.27. The number of thiazole rings is 1. The lowest BCUT2D eigenvalue weighted by atomic mass is 10.1. The van der Waals surface area contributed by atoms with E-state index in [2.05, 4.69) is 10.3 Å². The number of rotatable bonds is 3. The Hall–Kier alpha value is -2.80. The van der Waals surface area contributed by atoms with Gasteiger partial charge in [-0.05, 0) is 31.2 Å². The van der Waals surface area contributed by atoms with E-state index in [1.165, 1.54) is 17.6 Å². The van der Waals surface area contributed by atoms with Gasteiger partial charge in [0, 0.05) is 16.5 Å². The second-order valence-electron chi connectivity index (χ2n) is 4.99. The summed E-state index contributed by atoms with van der Waals surface area (Å²) < 4.78 is 15.8. The summed E-state index contributed by atoms with van der Waals surface area (Å²) in [5, 5.41) is 5.14. The Morgan fingerprint density at radius 1 is 1.26 bits per heavy atom. The summed E-state index contributed by atoms with van der Waals surface area (Å²) in [6.45, 7) is 2.05. The molecule has 0 fully saturated rings. The number of anilines is 1. The van der Waals surface area contributed by atoms with Crippen molar-refractivity contribution in [2.45, 2.75) is 6.92 Å². The Morgan fingerprint density at radius 2 is 2.13 bits per heavy atom. The Balaban J connectivity index is 1.55. The number of fused-ring (bicyclic) bond motifs is 1. The van der Waals surface area contributed by atoms with Gasteiger partial charge in [-0.25, -0.2) is 4.98 Å². The van der Waals surface area contributed by atoms with Crippen LogP contribution in [0.1, 0.15) is 16.1 Å². The molecule has 0 atom stereocenters. The molecule has 1 aromatic carbocycles.